The number of rotatable bonds is 5. The molecule has 7 aromatic rings. The molecule has 9 rings (SSSR count). The summed E-state index contributed by atoms with van der Waals surface area (Å²) in [5, 5.41) is 3.74. The first kappa shape index (κ1) is 35.1. The van der Waals surface area contributed by atoms with Gasteiger partial charge in [-0.1, -0.05) is 164 Å². The van der Waals surface area contributed by atoms with Crippen molar-refractivity contribution >= 4 is 27.2 Å². The third-order valence-electron chi connectivity index (χ3n) is 11.5. The van der Waals surface area contributed by atoms with Gasteiger partial charge in [-0.05, 0) is 120 Å². The highest BCUT2D eigenvalue weighted by atomic mass is 15.0. The summed E-state index contributed by atoms with van der Waals surface area (Å²) in [6.45, 7) is 11.1. The molecule has 0 fully saturated rings. The summed E-state index contributed by atoms with van der Waals surface area (Å²) in [5.74, 6) is 2.28. The van der Waals surface area contributed by atoms with Gasteiger partial charge in [-0.15, -0.1) is 0 Å². The summed E-state index contributed by atoms with van der Waals surface area (Å²) in [7, 11) is 0. The van der Waals surface area contributed by atoms with Crippen LogP contribution in [0.5, 0.6) is 0 Å². The minimum absolute atomic E-state index is 0.679. The van der Waals surface area contributed by atoms with Crippen LogP contribution >= 0.6 is 0 Å². The van der Waals surface area contributed by atoms with Gasteiger partial charge in [0.1, 0.15) is 0 Å². The van der Waals surface area contributed by atoms with Crippen molar-refractivity contribution < 1.29 is 0 Å². The highest BCUT2D eigenvalue weighted by Gasteiger charge is 2.28. The molecule has 0 amide bonds. The Hall–Kier alpha value is -5.92. The number of hydrogen-bond acceptors (Lipinski definition) is 0. The maximum atomic E-state index is 2.43. The number of benzene rings is 6. The quantitative estimate of drug-likeness (QED) is 0.158. The van der Waals surface area contributed by atoms with Gasteiger partial charge in [-0.25, -0.2) is 0 Å². The molecule has 3 atom stereocenters. The molecule has 2 aliphatic rings. The van der Waals surface area contributed by atoms with E-state index in [1.165, 1.54) is 84.0 Å². The average molecular weight is 700 g/mol. The molecule has 266 valence electrons. The zero-order valence-electron chi connectivity index (χ0n) is 32.1. The van der Waals surface area contributed by atoms with Crippen LogP contribution in [0.25, 0.3) is 55.3 Å². The molecule has 54 heavy (non-hydrogen) atoms. The van der Waals surface area contributed by atoms with Gasteiger partial charge in [0.05, 0.1) is 11.2 Å². The normalized spacial score (nSPS) is 17.9. The number of hydrogen-bond donors (Lipinski definition) is 0. The summed E-state index contributed by atoms with van der Waals surface area (Å²) in [6.07, 6.45) is 14.9. The van der Waals surface area contributed by atoms with Gasteiger partial charge in [0, 0.05) is 22.6 Å². The molecule has 1 heteroatoms. The standard InChI is InChI=1S/C41H33N.C12H16/c1-4-36(30-11-6-5-7-12-30)39-25-32(20-19-29(39)3)33-21-22-34-27-41(38-16-10-14-31-13-8-9-15-37(31)38)42(40(34)26-33)35-23-17-28(2)18-24-35;1-9-5-3-7-11-8-4-6-10(2)12(9)11/h4-27H,1-3H3;3-5,7-8,10-12H,6H2,1-2H3/b36-4-;. The molecule has 3 unspecified atom stereocenters. The lowest BCUT2D eigenvalue weighted by atomic mass is 9.71. The molecule has 2 aliphatic carbocycles. The van der Waals surface area contributed by atoms with Crippen LogP contribution in [-0.2, 0) is 0 Å². The number of allylic oxidation sites excluding steroid dienone is 7. The molecule has 0 spiro atoms. The van der Waals surface area contributed by atoms with Gasteiger partial charge < -0.3 is 4.57 Å². The molecule has 0 radical (unpaired) electrons. The van der Waals surface area contributed by atoms with Crippen LogP contribution < -0.4 is 0 Å². The summed E-state index contributed by atoms with van der Waals surface area (Å²) in [4.78, 5) is 0. The van der Waals surface area contributed by atoms with Crippen LogP contribution in [0.1, 0.15) is 49.4 Å². The lowest BCUT2D eigenvalue weighted by molar-refractivity contribution is 0.344. The zero-order chi connectivity index (χ0) is 37.2. The largest absolute Gasteiger partial charge is 0.309 e. The lowest BCUT2D eigenvalue weighted by Crippen LogP contribution is -2.24. The van der Waals surface area contributed by atoms with Gasteiger partial charge in [0.25, 0.3) is 0 Å². The SMILES string of the molecule is C/C=C(/c1ccccc1)c1cc(-c2ccc3cc(-c4cccc5ccccc45)n(-c4ccc(C)cc4)c3c2)ccc1C.CC1=CC=CC2C=CCC(C)C12. The predicted molar refractivity (Wildman–Crippen MR) is 233 cm³/mol. The Morgan fingerprint density at radius 3 is 2.22 bits per heavy atom. The summed E-state index contributed by atoms with van der Waals surface area (Å²) in [5.41, 5.74) is 15.1. The third kappa shape index (κ3) is 6.83. The molecule has 6 aromatic carbocycles. The van der Waals surface area contributed by atoms with Crippen molar-refractivity contribution in [1.82, 2.24) is 4.57 Å². The summed E-state index contributed by atoms with van der Waals surface area (Å²) < 4.78 is 2.43. The highest BCUT2D eigenvalue weighted by Crippen LogP contribution is 2.39. The Morgan fingerprint density at radius 2 is 1.43 bits per heavy atom. The fraction of sp³-hybridized carbons (Fsp3) is 0.170. The minimum Gasteiger partial charge on any atom is -0.309 e. The molecule has 1 nitrogen and oxygen atoms in total. The Kier molecular flexibility index (Phi) is 9.89. The second kappa shape index (κ2) is 15.2. The number of nitrogens with zero attached hydrogens (tertiary/aromatic N) is 1. The second-order valence-electron chi connectivity index (χ2n) is 15.1. The van der Waals surface area contributed by atoms with Crippen molar-refractivity contribution in [3.05, 3.63) is 204 Å². The summed E-state index contributed by atoms with van der Waals surface area (Å²) >= 11 is 0. The maximum Gasteiger partial charge on any atom is 0.0547 e. The van der Waals surface area contributed by atoms with Crippen LogP contribution in [0.3, 0.4) is 0 Å². The van der Waals surface area contributed by atoms with Gasteiger partial charge in [-0.2, -0.15) is 0 Å². The van der Waals surface area contributed by atoms with Gasteiger partial charge >= 0.3 is 0 Å². The van der Waals surface area contributed by atoms with E-state index in [2.05, 4.69) is 215 Å². The monoisotopic (exact) mass is 699 g/mol. The molecule has 0 saturated carbocycles. The van der Waals surface area contributed by atoms with Crippen molar-refractivity contribution in [3.63, 3.8) is 0 Å². The van der Waals surface area contributed by atoms with Crippen molar-refractivity contribution in [2.75, 3.05) is 0 Å². The number of fused-ring (bicyclic) bond motifs is 3. The van der Waals surface area contributed by atoms with Crippen LogP contribution in [0.15, 0.2) is 182 Å². The van der Waals surface area contributed by atoms with Crippen molar-refractivity contribution in [1.29, 1.82) is 0 Å². The van der Waals surface area contributed by atoms with E-state index in [0.29, 0.717) is 5.92 Å². The first-order chi connectivity index (χ1) is 26.4. The van der Waals surface area contributed by atoms with Crippen molar-refractivity contribution in [3.8, 4) is 28.1 Å². The molecule has 0 aliphatic heterocycles. The molecular weight excluding hydrogens is 651 g/mol. The van der Waals surface area contributed by atoms with Crippen LogP contribution in [0.4, 0.5) is 0 Å². The van der Waals surface area contributed by atoms with Crippen LogP contribution in [0, 0.1) is 31.6 Å². The van der Waals surface area contributed by atoms with E-state index in [0.717, 1.165) is 11.8 Å². The topological polar surface area (TPSA) is 4.93 Å². The van der Waals surface area contributed by atoms with E-state index >= 15 is 0 Å². The van der Waals surface area contributed by atoms with Crippen molar-refractivity contribution in [2.45, 2.75) is 41.0 Å². The molecule has 1 aromatic heterocycles. The smallest absolute Gasteiger partial charge is 0.0547 e. The highest BCUT2D eigenvalue weighted by molar-refractivity contribution is 6.00. The predicted octanol–water partition coefficient (Wildman–Crippen LogP) is 14.5. The third-order valence-corrected chi connectivity index (χ3v) is 11.5. The van der Waals surface area contributed by atoms with Crippen LogP contribution in [0.2, 0.25) is 0 Å². The molecular formula is C53H49N. The Bertz CT molecular complexity index is 2570. The lowest BCUT2D eigenvalue weighted by Gasteiger charge is -2.34. The van der Waals surface area contributed by atoms with E-state index in [4.69, 9.17) is 0 Å². The van der Waals surface area contributed by atoms with E-state index in [-0.39, 0.29) is 0 Å². The fourth-order valence-electron chi connectivity index (χ4n) is 8.67. The van der Waals surface area contributed by atoms with Crippen molar-refractivity contribution in [2.24, 2.45) is 17.8 Å². The zero-order valence-corrected chi connectivity index (χ0v) is 32.1. The van der Waals surface area contributed by atoms with Gasteiger partial charge in [0.15, 0.2) is 0 Å². The second-order valence-corrected chi connectivity index (χ2v) is 15.1. The first-order valence-corrected chi connectivity index (χ1v) is 19.4. The Morgan fingerprint density at radius 1 is 0.685 bits per heavy atom. The van der Waals surface area contributed by atoms with Gasteiger partial charge in [0.2, 0.25) is 0 Å². The molecule has 0 N–H and O–H groups in total. The first-order valence-electron chi connectivity index (χ1n) is 19.4. The van der Waals surface area contributed by atoms with Gasteiger partial charge in [-0.3, -0.25) is 0 Å². The summed E-state index contributed by atoms with van der Waals surface area (Å²) in [6, 6.07) is 50.9. The fourth-order valence-corrected chi connectivity index (χ4v) is 8.67. The van der Waals surface area contributed by atoms with E-state index in [1.54, 1.807) is 5.57 Å². The van der Waals surface area contributed by atoms with E-state index in [1.807, 2.05) is 0 Å². The maximum absolute atomic E-state index is 2.43. The Labute approximate surface area is 321 Å². The molecule has 1 heterocycles. The molecule has 0 bridgehead atoms. The average Bonchev–Trinajstić information content (AvgIpc) is 3.58. The molecule has 0 saturated heterocycles. The van der Waals surface area contributed by atoms with E-state index in [9.17, 15) is 0 Å². The Balaban J connectivity index is 0.000000292. The number of aryl methyl sites for hydroxylation is 2. The minimum atomic E-state index is 0.679. The van der Waals surface area contributed by atoms with E-state index < -0.39 is 0 Å². The van der Waals surface area contributed by atoms with Crippen LogP contribution in [-0.4, -0.2) is 4.57 Å². The number of aromatic nitrogens is 1.